The van der Waals surface area contributed by atoms with Crippen LogP contribution in [0.5, 0.6) is 5.75 Å². The van der Waals surface area contributed by atoms with E-state index in [1.54, 1.807) is 6.07 Å². The van der Waals surface area contributed by atoms with E-state index in [9.17, 15) is 26.0 Å². The Morgan fingerprint density at radius 3 is 2.57 bits per heavy atom. The monoisotopic (exact) mass is 423 g/mol. The lowest BCUT2D eigenvalue weighted by atomic mass is 9.84. The first-order chi connectivity index (χ1) is 13.0. The normalized spacial score (nSPS) is 22.7. The maximum absolute atomic E-state index is 13.7. The second kappa shape index (κ2) is 7.82. The smallest absolute Gasteiger partial charge is 0.389 e. The third-order valence-corrected chi connectivity index (χ3v) is 7.80. The van der Waals surface area contributed by atoms with Crippen molar-refractivity contribution in [3.63, 3.8) is 0 Å². The number of ether oxygens (including phenoxy) is 1. The lowest BCUT2D eigenvalue weighted by Gasteiger charge is -2.44. The van der Waals surface area contributed by atoms with Crippen molar-refractivity contribution < 1.29 is 30.7 Å². The number of hydrogen-bond acceptors (Lipinski definition) is 4. The predicted octanol–water partition coefficient (Wildman–Crippen LogP) is 4.13. The molecular weight excluding hydrogens is 398 g/mol. The lowest BCUT2D eigenvalue weighted by Crippen LogP contribution is -2.60. The summed E-state index contributed by atoms with van der Waals surface area (Å²) in [5, 5.41) is 1.66. The molecule has 0 amide bonds. The van der Waals surface area contributed by atoms with Crippen LogP contribution in [0.4, 0.5) is 17.6 Å². The number of fused-ring (bicyclic) bond motifs is 1. The molecule has 1 N–H and O–H groups in total. The molecule has 1 heterocycles. The number of sulfone groups is 1. The van der Waals surface area contributed by atoms with Crippen LogP contribution in [-0.2, 0) is 16.3 Å². The summed E-state index contributed by atoms with van der Waals surface area (Å²) in [6, 6.07) is 3.71. The van der Waals surface area contributed by atoms with Gasteiger partial charge in [0.25, 0.3) is 0 Å². The van der Waals surface area contributed by atoms with Gasteiger partial charge < -0.3 is 4.74 Å². The zero-order valence-corrected chi connectivity index (χ0v) is 16.5. The van der Waals surface area contributed by atoms with Crippen molar-refractivity contribution in [2.75, 3.05) is 5.75 Å². The maximum Gasteiger partial charge on any atom is 0.389 e. The number of halogens is 4. The van der Waals surface area contributed by atoms with Crippen molar-refractivity contribution in [2.24, 2.45) is 0 Å². The summed E-state index contributed by atoms with van der Waals surface area (Å²) in [6.45, 7) is 1.42. The quantitative estimate of drug-likeness (QED) is 0.699. The molecule has 1 aromatic carbocycles. The van der Waals surface area contributed by atoms with Gasteiger partial charge in [0.2, 0.25) is 0 Å². The van der Waals surface area contributed by atoms with Gasteiger partial charge in [-0.1, -0.05) is 6.92 Å². The minimum atomic E-state index is -4.44. The van der Waals surface area contributed by atoms with Gasteiger partial charge in [-0.3, -0.25) is 5.32 Å². The minimum Gasteiger partial charge on any atom is -0.485 e. The molecular formula is C19H25F4NO3S. The van der Waals surface area contributed by atoms with Crippen molar-refractivity contribution in [3.05, 3.63) is 29.6 Å². The summed E-state index contributed by atoms with van der Waals surface area (Å²) < 4.78 is 83.0. The Morgan fingerprint density at radius 2 is 1.96 bits per heavy atom. The Balaban J connectivity index is 1.89. The Morgan fingerprint density at radius 1 is 1.29 bits per heavy atom. The first-order valence-corrected chi connectivity index (χ1v) is 11.3. The van der Waals surface area contributed by atoms with Gasteiger partial charge >= 0.3 is 6.18 Å². The summed E-state index contributed by atoms with van der Waals surface area (Å²) in [5.41, 5.74) is -0.0802. The number of nitrogens with one attached hydrogen (secondary N) is 1. The highest BCUT2D eigenvalue weighted by atomic mass is 32.2. The molecule has 2 unspecified atom stereocenters. The SMILES string of the molecule is CCS(=O)(=O)C(CCC(F)(F)F)NC1Cc2cc(F)ccc2OC12CCCC2. The van der Waals surface area contributed by atoms with Crippen LogP contribution in [0.25, 0.3) is 0 Å². The number of benzene rings is 1. The van der Waals surface area contributed by atoms with Gasteiger partial charge in [-0.15, -0.1) is 0 Å². The van der Waals surface area contributed by atoms with E-state index >= 15 is 0 Å². The van der Waals surface area contributed by atoms with Crippen LogP contribution in [0.3, 0.4) is 0 Å². The average Bonchev–Trinajstić information content (AvgIpc) is 3.07. The second-order valence-electron chi connectivity index (χ2n) is 7.64. The van der Waals surface area contributed by atoms with E-state index in [-0.39, 0.29) is 5.75 Å². The van der Waals surface area contributed by atoms with Gasteiger partial charge in [-0.25, -0.2) is 12.8 Å². The molecule has 28 heavy (non-hydrogen) atoms. The van der Waals surface area contributed by atoms with Crippen molar-refractivity contribution >= 4 is 9.84 Å². The third kappa shape index (κ3) is 4.62. The minimum absolute atomic E-state index is 0.256. The molecule has 0 bridgehead atoms. The third-order valence-electron chi connectivity index (χ3n) is 5.76. The van der Waals surface area contributed by atoms with Crippen molar-refractivity contribution in [1.29, 1.82) is 0 Å². The van der Waals surface area contributed by atoms with Gasteiger partial charge in [-0.2, -0.15) is 13.2 Å². The Bertz CT molecular complexity index is 804. The van der Waals surface area contributed by atoms with Crippen LogP contribution in [-0.4, -0.2) is 37.4 Å². The molecule has 2 aliphatic rings. The van der Waals surface area contributed by atoms with Gasteiger partial charge in [0.05, 0.1) is 6.04 Å². The molecule has 1 aromatic rings. The van der Waals surface area contributed by atoms with Crippen molar-refractivity contribution in [1.82, 2.24) is 5.32 Å². The zero-order chi connectivity index (χ0) is 20.6. The fraction of sp³-hybridized carbons (Fsp3) is 0.684. The highest BCUT2D eigenvalue weighted by molar-refractivity contribution is 7.91. The van der Waals surface area contributed by atoms with E-state index in [1.807, 2.05) is 0 Å². The molecule has 2 atom stereocenters. The molecule has 0 radical (unpaired) electrons. The molecule has 0 saturated heterocycles. The summed E-state index contributed by atoms with van der Waals surface area (Å²) in [5.74, 6) is -0.126. The largest absolute Gasteiger partial charge is 0.485 e. The van der Waals surface area contributed by atoms with Crippen LogP contribution in [0.1, 0.15) is 51.0 Å². The van der Waals surface area contributed by atoms with E-state index in [0.717, 1.165) is 12.8 Å². The Hall–Kier alpha value is -1.35. The zero-order valence-electron chi connectivity index (χ0n) is 15.7. The van der Waals surface area contributed by atoms with E-state index in [4.69, 9.17) is 4.74 Å². The fourth-order valence-electron chi connectivity index (χ4n) is 4.22. The highest BCUT2D eigenvalue weighted by Crippen LogP contribution is 2.43. The molecule has 3 rings (SSSR count). The Kier molecular flexibility index (Phi) is 5.96. The van der Waals surface area contributed by atoms with E-state index < -0.39 is 51.7 Å². The van der Waals surface area contributed by atoms with Crippen LogP contribution >= 0.6 is 0 Å². The van der Waals surface area contributed by atoms with Crippen LogP contribution in [0.2, 0.25) is 0 Å². The molecule has 1 spiro atoms. The van der Waals surface area contributed by atoms with Crippen LogP contribution < -0.4 is 10.1 Å². The van der Waals surface area contributed by atoms with E-state index in [2.05, 4.69) is 5.32 Å². The second-order valence-corrected chi connectivity index (χ2v) is 10.1. The molecule has 0 aromatic heterocycles. The molecule has 1 aliphatic heterocycles. The summed E-state index contributed by atoms with van der Waals surface area (Å²) >= 11 is 0. The predicted molar refractivity (Wildman–Crippen MR) is 97.4 cm³/mol. The first-order valence-electron chi connectivity index (χ1n) is 9.56. The summed E-state index contributed by atoms with van der Waals surface area (Å²) in [7, 11) is -3.75. The lowest BCUT2D eigenvalue weighted by molar-refractivity contribution is -0.135. The average molecular weight is 423 g/mol. The summed E-state index contributed by atoms with van der Waals surface area (Å²) in [6.07, 6.45) is -2.72. The molecule has 1 saturated carbocycles. The molecule has 1 fully saturated rings. The van der Waals surface area contributed by atoms with Crippen LogP contribution in [0, 0.1) is 5.82 Å². The molecule has 4 nitrogen and oxygen atoms in total. The van der Waals surface area contributed by atoms with Gasteiger partial charge in [-0.05, 0) is 62.3 Å². The van der Waals surface area contributed by atoms with Gasteiger partial charge in [0.15, 0.2) is 9.84 Å². The van der Waals surface area contributed by atoms with Gasteiger partial charge in [0, 0.05) is 12.2 Å². The fourth-order valence-corrected chi connectivity index (χ4v) is 5.48. The van der Waals surface area contributed by atoms with Crippen molar-refractivity contribution in [2.45, 2.75) is 75.1 Å². The maximum atomic E-state index is 13.7. The van der Waals surface area contributed by atoms with E-state index in [1.165, 1.54) is 19.1 Å². The number of hydrogen-bond donors (Lipinski definition) is 1. The topological polar surface area (TPSA) is 55.4 Å². The molecule has 158 valence electrons. The number of alkyl halides is 3. The molecule has 1 aliphatic carbocycles. The van der Waals surface area contributed by atoms with Gasteiger partial charge in [0.1, 0.15) is 22.5 Å². The van der Waals surface area contributed by atoms with E-state index in [0.29, 0.717) is 30.6 Å². The number of rotatable bonds is 6. The standard InChI is InChI=1S/C19H25F4NO3S/c1-2-28(25,26)17(7-10-19(21,22)23)24-16-12-13-11-14(20)5-6-15(13)27-18(16)8-3-4-9-18/h5-6,11,16-17,24H,2-4,7-10,12H2,1H3. The molecule has 9 heteroatoms. The van der Waals surface area contributed by atoms with Crippen molar-refractivity contribution in [3.8, 4) is 5.75 Å². The first kappa shape index (κ1) is 21.4. The summed E-state index contributed by atoms with van der Waals surface area (Å²) in [4.78, 5) is 0. The van der Waals surface area contributed by atoms with Crippen LogP contribution in [0.15, 0.2) is 18.2 Å². The Labute approximate surface area is 162 Å². The highest BCUT2D eigenvalue weighted by Gasteiger charge is 2.48.